The lowest BCUT2D eigenvalue weighted by molar-refractivity contribution is 0.362. The summed E-state index contributed by atoms with van der Waals surface area (Å²) in [6.45, 7) is 0. The van der Waals surface area contributed by atoms with Crippen LogP contribution in [0.5, 0.6) is 23.1 Å². The van der Waals surface area contributed by atoms with Gasteiger partial charge in [-0.3, -0.25) is 4.79 Å². The Kier molecular flexibility index (Phi) is 2.95. The number of methoxy groups -OCH3 is 1. The summed E-state index contributed by atoms with van der Waals surface area (Å²) in [4.78, 5) is 17.6. The van der Waals surface area contributed by atoms with Crippen molar-refractivity contribution in [3.8, 4) is 23.1 Å². The molecule has 0 fully saturated rings. The summed E-state index contributed by atoms with van der Waals surface area (Å²) in [6, 6.07) is 6.04. The number of nitrogens with zero attached hydrogens (tertiary/aromatic N) is 1. The van der Waals surface area contributed by atoms with Gasteiger partial charge in [0, 0.05) is 0 Å². The Morgan fingerprint density at radius 1 is 1.29 bits per heavy atom. The molecule has 0 saturated carbocycles. The fourth-order valence-corrected chi connectivity index (χ4v) is 1.25. The number of rotatable bonds is 3. The summed E-state index contributed by atoms with van der Waals surface area (Å²) in [6.07, 6.45) is 1.22. The van der Waals surface area contributed by atoms with Crippen LogP contribution < -0.4 is 15.0 Å². The Hall–Kier alpha value is -2.50. The molecule has 6 heteroatoms. The van der Waals surface area contributed by atoms with Gasteiger partial charge >= 0.3 is 0 Å². The third kappa shape index (κ3) is 2.36. The SMILES string of the molecule is COc1c(Oc2ccc(O)cc2)nc[nH]c1=O. The highest BCUT2D eigenvalue weighted by Gasteiger charge is 2.10. The Morgan fingerprint density at radius 3 is 2.65 bits per heavy atom. The van der Waals surface area contributed by atoms with E-state index in [2.05, 4.69) is 9.97 Å². The normalized spacial score (nSPS) is 9.94. The van der Waals surface area contributed by atoms with Crippen LogP contribution in [-0.2, 0) is 0 Å². The Balaban J connectivity index is 2.33. The molecule has 2 rings (SSSR count). The quantitative estimate of drug-likeness (QED) is 0.835. The molecular weight excluding hydrogens is 224 g/mol. The Bertz CT molecular complexity index is 562. The number of aromatic nitrogens is 2. The fraction of sp³-hybridized carbons (Fsp3) is 0.0909. The van der Waals surface area contributed by atoms with E-state index < -0.39 is 5.56 Å². The summed E-state index contributed by atoms with van der Waals surface area (Å²) < 4.78 is 10.3. The van der Waals surface area contributed by atoms with Crippen LogP contribution in [0.2, 0.25) is 0 Å². The molecule has 1 heterocycles. The molecule has 0 aliphatic rings. The molecular formula is C11H10N2O4. The van der Waals surface area contributed by atoms with Gasteiger partial charge in [0.2, 0.25) is 5.75 Å². The van der Waals surface area contributed by atoms with Gasteiger partial charge in [-0.05, 0) is 24.3 Å². The van der Waals surface area contributed by atoms with Crippen LogP contribution in [-0.4, -0.2) is 22.2 Å². The van der Waals surface area contributed by atoms with E-state index in [1.165, 1.54) is 25.6 Å². The summed E-state index contributed by atoms with van der Waals surface area (Å²) in [5.41, 5.74) is -0.420. The largest absolute Gasteiger partial charge is 0.508 e. The molecule has 0 spiro atoms. The number of H-pyrrole nitrogens is 1. The highest BCUT2D eigenvalue weighted by molar-refractivity contribution is 5.37. The molecule has 0 atom stereocenters. The minimum atomic E-state index is -0.420. The van der Waals surface area contributed by atoms with Crippen LogP contribution in [0.4, 0.5) is 0 Å². The van der Waals surface area contributed by atoms with Crippen LogP contribution in [0, 0.1) is 0 Å². The topological polar surface area (TPSA) is 84.4 Å². The van der Waals surface area contributed by atoms with E-state index in [1.807, 2.05) is 0 Å². The Morgan fingerprint density at radius 2 is 2.00 bits per heavy atom. The van der Waals surface area contributed by atoms with Crippen molar-refractivity contribution in [2.24, 2.45) is 0 Å². The maximum absolute atomic E-state index is 11.4. The molecule has 1 aromatic heterocycles. The third-order valence-electron chi connectivity index (χ3n) is 2.03. The molecule has 0 aliphatic carbocycles. The van der Waals surface area contributed by atoms with Crippen molar-refractivity contribution >= 4 is 0 Å². The van der Waals surface area contributed by atoms with Gasteiger partial charge in [0.05, 0.1) is 13.4 Å². The van der Waals surface area contributed by atoms with Gasteiger partial charge in [0.15, 0.2) is 0 Å². The molecule has 0 bridgehead atoms. The minimum absolute atomic E-state index is 0.000532. The predicted molar refractivity (Wildman–Crippen MR) is 59.6 cm³/mol. The number of phenolic OH excluding ortho intramolecular Hbond substituents is 1. The van der Waals surface area contributed by atoms with Crippen LogP contribution in [0.3, 0.4) is 0 Å². The van der Waals surface area contributed by atoms with E-state index in [1.54, 1.807) is 12.1 Å². The summed E-state index contributed by atoms with van der Waals surface area (Å²) in [5.74, 6) is 0.643. The van der Waals surface area contributed by atoms with Crippen molar-refractivity contribution in [3.05, 3.63) is 40.9 Å². The Labute approximate surface area is 96.5 Å². The maximum Gasteiger partial charge on any atom is 0.297 e. The van der Waals surface area contributed by atoms with Gasteiger partial charge in [0.25, 0.3) is 11.4 Å². The second-order valence-electron chi connectivity index (χ2n) is 3.17. The van der Waals surface area contributed by atoms with Crippen LogP contribution >= 0.6 is 0 Å². The first-order valence-electron chi connectivity index (χ1n) is 4.79. The third-order valence-corrected chi connectivity index (χ3v) is 2.03. The van der Waals surface area contributed by atoms with Crippen molar-refractivity contribution in [2.45, 2.75) is 0 Å². The molecule has 88 valence electrons. The number of phenols is 1. The molecule has 6 nitrogen and oxygen atoms in total. The first-order chi connectivity index (χ1) is 8.20. The van der Waals surface area contributed by atoms with Crippen LogP contribution in [0.1, 0.15) is 0 Å². The lowest BCUT2D eigenvalue weighted by atomic mass is 10.3. The first kappa shape index (κ1) is 11.0. The molecule has 0 aliphatic heterocycles. The minimum Gasteiger partial charge on any atom is -0.508 e. The number of hydrogen-bond acceptors (Lipinski definition) is 5. The lowest BCUT2D eigenvalue weighted by Crippen LogP contribution is -2.10. The van der Waals surface area contributed by atoms with Crippen molar-refractivity contribution in [2.75, 3.05) is 7.11 Å². The summed E-state index contributed by atoms with van der Waals surface area (Å²) in [7, 11) is 1.36. The van der Waals surface area contributed by atoms with Gasteiger partial charge in [-0.2, -0.15) is 0 Å². The van der Waals surface area contributed by atoms with Gasteiger partial charge in [-0.25, -0.2) is 4.98 Å². The van der Waals surface area contributed by atoms with E-state index in [0.29, 0.717) is 5.75 Å². The molecule has 2 aromatic rings. The molecule has 0 unspecified atom stereocenters. The van der Waals surface area contributed by atoms with E-state index in [9.17, 15) is 4.79 Å². The first-order valence-corrected chi connectivity index (χ1v) is 4.79. The lowest BCUT2D eigenvalue weighted by Gasteiger charge is -2.07. The molecule has 0 radical (unpaired) electrons. The highest BCUT2D eigenvalue weighted by Crippen LogP contribution is 2.26. The molecule has 0 saturated heterocycles. The number of aromatic amines is 1. The van der Waals surface area contributed by atoms with E-state index in [0.717, 1.165) is 0 Å². The zero-order chi connectivity index (χ0) is 12.3. The van der Waals surface area contributed by atoms with Gasteiger partial charge in [0.1, 0.15) is 11.5 Å². The smallest absolute Gasteiger partial charge is 0.297 e. The number of aromatic hydroxyl groups is 1. The second-order valence-corrected chi connectivity index (χ2v) is 3.17. The van der Waals surface area contributed by atoms with Gasteiger partial charge in [-0.15, -0.1) is 0 Å². The standard InChI is InChI=1S/C11H10N2O4/c1-16-9-10(15)12-6-13-11(9)17-8-4-2-7(14)3-5-8/h2-6,14H,1H3,(H,12,13,15). The van der Waals surface area contributed by atoms with Gasteiger partial charge < -0.3 is 19.6 Å². The molecule has 2 N–H and O–H groups in total. The van der Waals surface area contributed by atoms with Gasteiger partial charge in [-0.1, -0.05) is 0 Å². The fourth-order valence-electron chi connectivity index (χ4n) is 1.25. The van der Waals surface area contributed by atoms with E-state index in [4.69, 9.17) is 14.6 Å². The second kappa shape index (κ2) is 4.56. The average molecular weight is 234 g/mol. The molecule has 0 amide bonds. The van der Waals surface area contributed by atoms with Crippen molar-refractivity contribution in [1.29, 1.82) is 0 Å². The monoisotopic (exact) mass is 234 g/mol. The molecule has 1 aromatic carbocycles. The number of nitrogens with one attached hydrogen (secondary N) is 1. The van der Waals surface area contributed by atoms with Crippen molar-refractivity contribution in [1.82, 2.24) is 9.97 Å². The number of ether oxygens (including phenoxy) is 2. The summed E-state index contributed by atoms with van der Waals surface area (Å²) in [5, 5.41) is 9.12. The highest BCUT2D eigenvalue weighted by atomic mass is 16.5. The van der Waals surface area contributed by atoms with Crippen molar-refractivity contribution in [3.63, 3.8) is 0 Å². The van der Waals surface area contributed by atoms with E-state index in [-0.39, 0.29) is 17.4 Å². The van der Waals surface area contributed by atoms with Crippen molar-refractivity contribution < 1.29 is 14.6 Å². The maximum atomic E-state index is 11.4. The zero-order valence-corrected chi connectivity index (χ0v) is 9.01. The van der Waals surface area contributed by atoms with E-state index >= 15 is 0 Å². The van der Waals surface area contributed by atoms with Crippen LogP contribution in [0.15, 0.2) is 35.4 Å². The number of hydrogen-bond donors (Lipinski definition) is 2. The number of benzene rings is 1. The summed E-state index contributed by atoms with van der Waals surface area (Å²) >= 11 is 0. The molecule has 17 heavy (non-hydrogen) atoms. The average Bonchev–Trinajstić information content (AvgIpc) is 2.32. The zero-order valence-electron chi connectivity index (χ0n) is 9.01. The van der Waals surface area contributed by atoms with Crippen LogP contribution in [0.25, 0.3) is 0 Å². The predicted octanol–water partition coefficient (Wildman–Crippen LogP) is 1.28.